The van der Waals surface area contributed by atoms with E-state index in [4.69, 9.17) is 9.47 Å². The van der Waals surface area contributed by atoms with Crippen molar-refractivity contribution in [1.29, 1.82) is 0 Å². The first-order valence-electron chi connectivity index (χ1n) is 8.86. The molecule has 2 rings (SSSR count). The lowest BCUT2D eigenvalue weighted by Gasteiger charge is -2.17. The third-order valence-corrected chi connectivity index (χ3v) is 3.59. The molecule has 1 heterocycles. The van der Waals surface area contributed by atoms with Crippen molar-refractivity contribution in [3.63, 3.8) is 0 Å². The van der Waals surface area contributed by atoms with Crippen LogP contribution < -0.4 is 15.4 Å². The van der Waals surface area contributed by atoms with Crippen LogP contribution in [0, 0.1) is 0 Å². The van der Waals surface area contributed by atoms with Gasteiger partial charge in [-0.15, -0.1) is 24.0 Å². The summed E-state index contributed by atoms with van der Waals surface area (Å²) in [5.41, 5.74) is 2.16. The summed E-state index contributed by atoms with van der Waals surface area (Å²) >= 11 is 0. The number of aliphatic imine (C=N–C) groups is 1. The van der Waals surface area contributed by atoms with Crippen LogP contribution in [0.4, 0.5) is 0 Å². The van der Waals surface area contributed by atoms with Crippen molar-refractivity contribution in [3.8, 4) is 5.88 Å². The van der Waals surface area contributed by atoms with Gasteiger partial charge in [-0.3, -0.25) is 0 Å². The number of nitrogens with one attached hydrogen (secondary N) is 2. The van der Waals surface area contributed by atoms with Gasteiger partial charge in [0.1, 0.15) is 6.61 Å². The first kappa shape index (κ1) is 23.2. The number of ether oxygens (including phenoxy) is 2. The summed E-state index contributed by atoms with van der Waals surface area (Å²) in [5, 5.41) is 6.56. The Morgan fingerprint density at radius 3 is 2.67 bits per heavy atom. The Kier molecular flexibility index (Phi) is 11.4. The van der Waals surface area contributed by atoms with Crippen molar-refractivity contribution in [2.24, 2.45) is 4.99 Å². The van der Waals surface area contributed by atoms with Crippen molar-refractivity contribution < 1.29 is 9.47 Å². The summed E-state index contributed by atoms with van der Waals surface area (Å²) in [7, 11) is 1.69. The monoisotopic (exact) mass is 484 g/mol. The molecular formula is C20H29IN4O2. The van der Waals surface area contributed by atoms with Crippen molar-refractivity contribution in [3.05, 3.63) is 59.8 Å². The van der Waals surface area contributed by atoms with E-state index in [0.717, 1.165) is 23.6 Å². The minimum Gasteiger partial charge on any atom is -0.473 e. The Hall–Kier alpha value is -1.87. The molecule has 1 aromatic carbocycles. The van der Waals surface area contributed by atoms with Crippen LogP contribution in [-0.2, 0) is 17.9 Å². The highest BCUT2D eigenvalue weighted by atomic mass is 127. The molecule has 2 N–H and O–H groups in total. The number of nitrogens with zero attached hydrogens (tertiary/aromatic N) is 2. The molecular weight excluding hydrogens is 455 g/mol. The molecule has 27 heavy (non-hydrogen) atoms. The Morgan fingerprint density at radius 1 is 1.19 bits per heavy atom. The van der Waals surface area contributed by atoms with E-state index in [0.29, 0.717) is 25.6 Å². The number of benzene rings is 1. The Balaban J connectivity index is 0.00000364. The fourth-order valence-electron chi connectivity index (χ4n) is 2.37. The quantitative estimate of drug-likeness (QED) is 0.325. The van der Waals surface area contributed by atoms with Crippen LogP contribution in [0.25, 0.3) is 0 Å². The molecule has 0 saturated heterocycles. The smallest absolute Gasteiger partial charge is 0.213 e. The van der Waals surface area contributed by atoms with Crippen LogP contribution in [0.3, 0.4) is 0 Å². The van der Waals surface area contributed by atoms with E-state index in [1.807, 2.05) is 49.4 Å². The SMILES string of the molecule is CCNC(=NCc1ccnc(OCc2ccccc2)c1)NC(C)COC.I. The minimum absolute atomic E-state index is 0. The zero-order chi connectivity index (χ0) is 18.6. The molecule has 0 radical (unpaired) electrons. The molecule has 1 aromatic heterocycles. The summed E-state index contributed by atoms with van der Waals surface area (Å²) in [6, 6.07) is 14.1. The van der Waals surface area contributed by atoms with Gasteiger partial charge >= 0.3 is 0 Å². The van der Waals surface area contributed by atoms with Crippen molar-refractivity contribution in [2.45, 2.75) is 33.0 Å². The largest absolute Gasteiger partial charge is 0.473 e. The molecule has 0 bridgehead atoms. The molecule has 0 spiro atoms. The second kappa shape index (κ2) is 13.3. The summed E-state index contributed by atoms with van der Waals surface area (Å²) in [5.74, 6) is 1.37. The van der Waals surface area contributed by atoms with Crippen LogP contribution in [0.1, 0.15) is 25.0 Å². The number of aromatic nitrogens is 1. The maximum absolute atomic E-state index is 5.78. The number of halogens is 1. The summed E-state index contributed by atoms with van der Waals surface area (Å²) in [6.07, 6.45) is 1.75. The van der Waals surface area contributed by atoms with Gasteiger partial charge < -0.3 is 20.1 Å². The lowest BCUT2D eigenvalue weighted by molar-refractivity contribution is 0.179. The molecule has 0 fully saturated rings. The van der Waals surface area contributed by atoms with Crippen LogP contribution in [0.15, 0.2) is 53.7 Å². The van der Waals surface area contributed by atoms with Crippen LogP contribution >= 0.6 is 24.0 Å². The molecule has 6 nitrogen and oxygen atoms in total. The third-order valence-electron chi connectivity index (χ3n) is 3.59. The van der Waals surface area contributed by atoms with Gasteiger partial charge in [0.2, 0.25) is 5.88 Å². The Morgan fingerprint density at radius 2 is 1.96 bits per heavy atom. The van der Waals surface area contributed by atoms with Gasteiger partial charge in [-0.2, -0.15) is 0 Å². The molecule has 0 aliphatic carbocycles. The molecule has 7 heteroatoms. The lowest BCUT2D eigenvalue weighted by Crippen LogP contribution is -2.43. The third kappa shape index (κ3) is 9.05. The molecule has 1 unspecified atom stereocenters. The highest BCUT2D eigenvalue weighted by Gasteiger charge is 2.05. The zero-order valence-corrected chi connectivity index (χ0v) is 18.5. The Bertz CT molecular complexity index is 683. The van der Waals surface area contributed by atoms with Crippen molar-refractivity contribution in [2.75, 3.05) is 20.3 Å². The van der Waals surface area contributed by atoms with E-state index in [1.54, 1.807) is 13.3 Å². The summed E-state index contributed by atoms with van der Waals surface area (Å²) in [6.45, 7) is 6.56. The van der Waals surface area contributed by atoms with Crippen LogP contribution in [0.2, 0.25) is 0 Å². The molecule has 148 valence electrons. The molecule has 0 amide bonds. The van der Waals surface area contributed by atoms with E-state index >= 15 is 0 Å². The highest BCUT2D eigenvalue weighted by molar-refractivity contribution is 14.0. The van der Waals surface area contributed by atoms with E-state index in [9.17, 15) is 0 Å². The van der Waals surface area contributed by atoms with Crippen molar-refractivity contribution in [1.82, 2.24) is 15.6 Å². The predicted octanol–water partition coefficient (Wildman–Crippen LogP) is 3.37. The highest BCUT2D eigenvalue weighted by Crippen LogP contribution is 2.12. The standard InChI is InChI=1S/C20H28N4O2.HI/c1-4-21-20(24-16(2)14-25-3)23-13-18-10-11-22-19(12-18)26-15-17-8-6-5-7-9-17;/h5-12,16H,4,13-15H2,1-3H3,(H2,21,23,24);1H. The number of hydrogen-bond donors (Lipinski definition) is 2. The van der Waals surface area contributed by atoms with E-state index in [-0.39, 0.29) is 30.0 Å². The molecule has 2 aromatic rings. The van der Waals surface area contributed by atoms with Gasteiger partial charge in [-0.05, 0) is 31.0 Å². The maximum Gasteiger partial charge on any atom is 0.213 e. The molecule has 1 atom stereocenters. The average Bonchev–Trinajstić information content (AvgIpc) is 2.66. The van der Waals surface area contributed by atoms with E-state index in [2.05, 4.69) is 27.5 Å². The number of hydrogen-bond acceptors (Lipinski definition) is 4. The molecule has 0 saturated carbocycles. The van der Waals surface area contributed by atoms with Gasteiger partial charge in [0.15, 0.2) is 5.96 Å². The molecule has 0 aliphatic rings. The number of guanidine groups is 1. The average molecular weight is 484 g/mol. The second-order valence-electron chi connectivity index (χ2n) is 5.97. The van der Waals surface area contributed by atoms with Gasteiger partial charge in [0.25, 0.3) is 0 Å². The van der Waals surface area contributed by atoms with E-state index in [1.165, 1.54) is 0 Å². The zero-order valence-electron chi connectivity index (χ0n) is 16.1. The second-order valence-corrected chi connectivity index (χ2v) is 5.97. The first-order chi connectivity index (χ1) is 12.7. The van der Waals surface area contributed by atoms with E-state index < -0.39 is 0 Å². The van der Waals surface area contributed by atoms with Crippen molar-refractivity contribution >= 4 is 29.9 Å². The Labute approximate surface area is 178 Å². The lowest BCUT2D eigenvalue weighted by atomic mass is 10.2. The fraction of sp³-hybridized carbons (Fsp3) is 0.400. The van der Waals surface area contributed by atoms with Crippen LogP contribution in [0.5, 0.6) is 5.88 Å². The van der Waals surface area contributed by atoms with Gasteiger partial charge in [-0.25, -0.2) is 9.98 Å². The molecule has 0 aliphatic heterocycles. The number of pyridine rings is 1. The van der Waals surface area contributed by atoms with Gasteiger partial charge in [0.05, 0.1) is 13.2 Å². The normalized spacial score (nSPS) is 12.0. The first-order valence-corrected chi connectivity index (χ1v) is 8.86. The number of methoxy groups -OCH3 is 1. The van der Waals surface area contributed by atoms with Crippen LogP contribution in [-0.4, -0.2) is 37.2 Å². The topological polar surface area (TPSA) is 67.8 Å². The fourth-order valence-corrected chi connectivity index (χ4v) is 2.37. The minimum atomic E-state index is 0. The summed E-state index contributed by atoms with van der Waals surface area (Å²) < 4.78 is 10.9. The number of rotatable bonds is 9. The predicted molar refractivity (Wildman–Crippen MR) is 120 cm³/mol. The van der Waals surface area contributed by atoms with Gasteiger partial charge in [-0.1, -0.05) is 30.3 Å². The van der Waals surface area contributed by atoms with Gasteiger partial charge in [0, 0.05) is 32.0 Å². The summed E-state index contributed by atoms with van der Waals surface area (Å²) in [4.78, 5) is 8.89. The maximum atomic E-state index is 5.78.